The molecule has 0 spiro atoms. The van der Waals surface area contributed by atoms with Gasteiger partial charge in [-0.2, -0.15) is 0 Å². The number of halogens is 1. The molecule has 0 aliphatic rings. The molecule has 1 amide bonds. The van der Waals surface area contributed by atoms with E-state index in [4.69, 9.17) is 11.6 Å². The number of anilines is 1. The zero-order chi connectivity index (χ0) is 13.7. The summed E-state index contributed by atoms with van der Waals surface area (Å²) in [6.07, 6.45) is 6.43. The number of pyridine rings is 1. The van der Waals surface area contributed by atoms with Crippen LogP contribution in [-0.4, -0.2) is 10.9 Å². The van der Waals surface area contributed by atoms with E-state index >= 15 is 0 Å². The molecular formula is C15H13ClN2O. The number of nitrogens with one attached hydrogen (secondary N) is 1. The standard InChI is InChI=1S/C15H13ClN2O/c1-11-4-5-12(9-14(11)16)6-7-15(19)18-13-3-2-8-17-10-13/h2-10H,1H3,(H,18,19)/b7-6+. The number of hydrogen-bond donors (Lipinski definition) is 1. The number of nitrogens with zero attached hydrogens (tertiary/aromatic N) is 1. The molecule has 1 aromatic carbocycles. The van der Waals surface area contributed by atoms with Crippen LogP contribution < -0.4 is 5.32 Å². The third-order valence-electron chi connectivity index (χ3n) is 2.55. The van der Waals surface area contributed by atoms with Gasteiger partial charge in [-0.1, -0.05) is 23.7 Å². The predicted octanol–water partition coefficient (Wildman–Crippen LogP) is 3.70. The van der Waals surface area contributed by atoms with Crippen molar-refractivity contribution >= 4 is 29.3 Å². The van der Waals surface area contributed by atoms with E-state index in [9.17, 15) is 4.79 Å². The summed E-state index contributed by atoms with van der Waals surface area (Å²) in [5.41, 5.74) is 2.56. The van der Waals surface area contributed by atoms with Gasteiger partial charge in [0.25, 0.3) is 0 Å². The third kappa shape index (κ3) is 3.93. The fraction of sp³-hybridized carbons (Fsp3) is 0.0667. The van der Waals surface area contributed by atoms with Gasteiger partial charge in [-0.3, -0.25) is 9.78 Å². The molecule has 2 rings (SSSR count). The second-order valence-electron chi connectivity index (χ2n) is 4.07. The summed E-state index contributed by atoms with van der Waals surface area (Å²) in [7, 11) is 0. The van der Waals surface area contributed by atoms with E-state index in [1.54, 1.807) is 30.6 Å². The lowest BCUT2D eigenvalue weighted by molar-refractivity contribution is -0.111. The molecule has 0 atom stereocenters. The highest BCUT2D eigenvalue weighted by Gasteiger charge is 1.98. The number of amides is 1. The van der Waals surface area contributed by atoms with Gasteiger partial charge in [0.05, 0.1) is 11.9 Å². The van der Waals surface area contributed by atoms with Crippen LogP contribution in [0.3, 0.4) is 0 Å². The van der Waals surface area contributed by atoms with Crippen molar-refractivity contribution in [3.05, 3.63) is 65.0 Å². The maximum atomic E-state index is 11.7. The predicted molar refractivity (Wildman–Crippen MR) is 78.1 cm³/mol. The minimum Gasteiger partial charge on any atom is -0.321 e. The van der Waals surface area contributed by atoms with Crippen molar-refractivity contribution in [1.29, 1.82) is 0 Å². The van der Waals surface area contributed by atoms with Crippen LogP contribution in [-0.2, 0) is 4.79 Å². The Balaban J connectivity index is 2.02. The summed E-state index contributed by atoms with van der Waals surface area (Å²) >= 11 is 6.02. The van der Waals surface area contributed by atoms with Crippen molar-refractivity contribution in [3.8, 4) is 0 Å². The fourth-order valence-corrected chi connectivity index (χ4v) is 1.69. The summed E-state index contributed by atoms with van der Waals surface area (Å²) in [4.78, 5) is 15.6. The van der Waals surface area contributed by atoms with Crippen LogP contribution >= 0.6 is 11.6 Å². The smallest absolute Gasteiger partial charge is 0.248 e. The maximum absolute atomic E-state index is 11.7. The molecule has 0 fully saturated rings. The largest absolute Gasteiger partial charge is 0.321 e. The van der Waals surface area contributed by atoms with E-state index < -0.39 is 0 Å². The maximum Gasteiger partial charge on any atom is 0.248 e. The fourth-order valence-electron chi connectivity index (χ4n) is 1.51. The number of rotatable bonds is 3. The first-order chi connectivity index (χ1) is 9.15. The van der Waals surface area contributed by atoms with Gasteiger partial charge in [-0.25, -0.2) is 0 Å². The molecule has 1 N–H and O–H groups in total. The van der Waals surface area contributed by atoms with Crippen molar-refractivity contribution in [2.24, 2.45) is 0 Å². The van der Waals surface area contributed by atoms with E-state index in [2.05, 4.69) is 10.3 Å². The van der Waals surface area contributed by atoms with Gasteiger partial charge in [0.15, 0.2) is 0 Å². The van der Waals surface area contributed by atoms with E-state index in [1.807, 2.05) is 25.1 Å². The average molecular weight is 273 g/mol. The van der Waals surface area contributed by atoms with E-state index in [-0.39, 0.29) is 5.91 Å². The van der Waals surface area contributed by atoms with Gasteiger partial charge in [-0.15, -0.1) is 0 Å². The molecule has 96 valence electrons. The molecular weight excluding hydrogens is 260 g/mol. The lowest BCUT2D eigenvalue weighted by Gasteiger charge is -2.01. The molecule has 0 saturated heterocycles. The summed E-state index contributed by atoms with van der Waals surface area (Å²) in [5, 5.41) is 3.41. The summed E-state index contributed by atoms with van der Waals surface area (Å²) in [5.74, 6) is -0.204. The van der Waals surface area contributed by atoms with Gasteiger partial charge in [0, 0.05) is 17.3 Å². The quantitative estimate of drug-likeness (QED) is 0.866. The van der Waals surface area contributed by atoms with E-state index in [0.717, 1.165) is 11.1 Å². The summed E-state index contributed by atoms with van der Waals surface area (Å²) in [6, 6.07) is 9.20. The summed E-state index contributed by atoms with van der Waals surface area (Å²) < 4.78 is 0. The first-order valence-corrected chi connectivity index (χ1v) is 6.18. The van der Waals surface area contributed by atoms with Crippen LogP contribution in [0.4, 0.5) is 5.69 Å². The number of aryl methyl sites for hydroxylation is 1. The number of carbonyl (C=O) groups excluding carboxylic acids is 1. The van der Waals surface area contributed by atoms with Gasteiger partial charge in [0.2, 0.25) is 5.91 Å². The van der Waals surface area contributed by atoms with E-state index in [0.29, 0.717) is 10.7 Å². The number of benzene rings is 1. The van der Waals surface area contributed by atoms with Gasteiger partial charge in [-0.05, 0) is 42.3 Å². The van der Waals surface area contributed by atoms with Gasteiger partial charge in [0.1, 0.15) is 0 Å². The summed E-state index contributed by atoms with van der Waals surface area (Å²) in [6.45, 7) is 1.94. The Morgan fingerprint density at radius 1 is 1.37 bits per heavy atom. The Labute approximate surface area is 116 Å². The Bertz CT molecular complexity index is 609. The average Bonchev–Trinajstić information content (AvgIpc) is 2.41. The number of aromatic nitrogens is 1. The molecule has 2 aromatic rings. The van der Waals surface area contributed by atoms with Gasteiger partial charge < -0.3 is 5.32 Å². The third-order valence-corrected chi connectivity index (χ3v) is 2.96. The molecule has 1 aromatic heterocycles. The first-order valence-electron chi connectivity index (χ1n) is 5.80. The van der Waals surface area contributed by atoms with Crippen molar-refractivity contribution in [2.75, 3.05) is 5.32 Å². The van der Waals surface area contributed by atoms with E-state index in [1.165, 1.54) is 6.08 Å². The van der Waals surface area contributed by atoms with Crippen molar-refractivity contribution < 1.29 is 4.79 Å². The lowest BCUT2D eigenvalue weighted by Crippen LogP contribution is -2.07. The van der Waals surface area contributed by atoms with Crippen LogP contribution in [0.2, 0.25) is 5.02 Å². The van der Waals surface area contributed by atoms with Gasteiger partial charge >= 0.3 is 0 Å². The van der Waals surface area contributed by atoms with Crippen molar-refractivity contribution in [2.45, 2.75) is 6.92 Å². The molecule has 0 radical (unpaired) electrons. The zero-order valence-corrected chi connectivity index (χ0v) is 11.2. The molecule has 19 heavy (non-hydrogen) atoms. The molecule has 3 nitrogen and oxygen atoms in total. The normalized spacial score (nSPS) is 10.6. The van der Waals surface area contributed by atoms with Crippen molar-refractivity contribution in [1.82, 2.24) is 4.98 Å². The SMILES string of the molecule is Cc1ccc(/C=C/C(=O)Nc2cccnc2)cc1Cl. The Hall–Kier alpha value is -2.13. The lowest BCUT2D eigenvalue weighted by atomic mass is 10.1. The molecule has 0 unspecified atom stereocenters. The molecule has 0 aliphatic carbocycles. The molecule has 0 bridgehead atoms. The highest BCUT2D eigenvalue weighted by atomic mass is 35.5. The molecule has 1 heterocycles. The second-order valence-corrected chi connectivity index (χ2v) is 4.48. The van der Waals surface area contributed by atoms with Crippen LogP contribution in [0.1, 0.15) is 11.1 Å². The van der Waals surface area contributed by atoms with Crippen molar-refractivity contribution in [3.63, 3.8) is 0 Å². The monoisotopic (exact) mass is 272 g/mol. The number of carbonyl (C=O) groups is 1. The van der Waals surface area contributed by atoms with Crippen LogP contribution in [0, 0.1) is 6.92 Å². The molecule has 0 aliphatic heterocycles. The molecule has 0 saturated carbocycles. The van der Waals surface area contributed by atoms with Crippen LogP contribution in [0.15, 0.2) is 48.8 Å². The second kappa shape index (κ2) is 6.16. The minimum atomic E-state index is -0.204. The molecule has 4 heteroatoms. The topological polar surface area (TPSA) is 42.0 Å². The van der Waals surface area contributed by atoms with Crippen LogP contribution in [0.5, 0.6) is 0 Å². The Morgan fingerprint density at radius 3 is 2.89 bits per heavy atom. The Kier molecular flexibility index (Phi) is 4.31. The first kappa shape index (κ1) is 13.3. The number of hydrogen-bond acceptors (Lipinski definition) is 2. The minimum absolute atomic E-state index is 0.204. The Morgan fingerprint density at radius 2 is 2.21 bits per heavy atom. The highest BCUT2D eigenvalue weighted by molar-refractivity contribution is 6.31. The zero-order valence-electron chi connectivity index (χ0n) is 10.4. The van der Waals surface area contributed by atoms with Crippen LogP contribution in [0.25, 0.3) is 6.08 Å². The highest BCUT2D eigenvalue weighted by Crippen LogP contribution is 2.17.